The van der Waals surface area contributed by atoms with Crippen molar-refractivity contribution < 1.29 is 18.8 Å². The van der Waals surface area contributed by atoms with Gasteiger partial charge in [0.1, 0.15) is 5.82 Å². The Morgan fingerprint density at radius 2 is 1.76 bits per heavy atom. The molecule has 3 amide bonds. The predicted octanol–water partition coefficient (Wildman–Crippen LogP) is 2.61. The van der Waals surface area contributed by atoms with Gasteiger partial charge in [0.15, 0.2) is 0 Å². The molecule has 0 atom stereocenters. The minimum absolute atomic E-state index is 0. The van der Waals surface area contributed by atoms with Crippen molar-refractivity contribution in [3.63, 3.8) is 0 Å². The van der Waals surface area contributed by atoms with Crippen molar-refractivity contribution in [3.8, 4) is 0 Å². The molecule has 0 aromatic heterocycles. The van der Waals surface area contributed by atoms with E-state index in [4.69, 9.17) is 0 Å². The van der Waals surface area contributed by atoms with Crippen molar-refractivity contribution in [2.24, 2.45) is 5.41 Å². The van der Waals surface area contributed by atoms with Crippen LogP contribution in [-0.2, 0) is 16.0 Å². The van der Waals surface area contributed by atoms with Crippen LogP contribution in [0.4, 0.5) is 10.1 Å². The second-order valence-electron chi connectivity index (χ2n) is 10.0. The molecule has 182 valence electrons. The monoisotopic (exact) mass is 480 g/mol. The van der Waals surface area contributed by atoms with E-state index in [1.54, 1.807) is 4.90 Å². The largest absolute Gasteiger partial charge is 0.355 e. The molecule has 1 N–H and O–H groups in total. The fraction of sp³-hybridized carbons (Fsp3) is 0.625. The summed E-state index contributed by atoms with van der Waals surface area (Å²) in [4.78, 5) is 43.2. The summed E-state index contributed by atoms with van der Waals surface area (Å²) in [7, 11) is 1.46. The number of amides is 3. The van der Waals surface area contributed by atoms with E-state index in [1.807, 2.05) is 4.90 Å². The van der Waals surface area contributed by atoms with E-state index in [0.29, 0.717) is 23.2 Å². The molecular formula is C24H34ClFN4O3. The first-order valence-corrected chi connectivity index (χ1v) is 11.6. The lowest BCUT2D eigenvalue weighted by molar-refractivity contribution is -0.134. The van der Waals surface area contributed by atoms with Crippen molar-refractivity contribution >= 4 is 35.8 Å². The van der Waals surface area contributed by atoms with Crippen LogP contribution in [0.3, 0.4) is 0 Å². The van der Waals surface area contributed by atoms with Crippen LogP contribution >= 0.6 is 12.4 Å². The summed E-state index contributed by atoms with van der Waals surface area (Å²) < 4.78 is 14.5. The Kier molecular flexibility index (Phi) is 7.69. The number of hydrogen-bond acceptors (Lipinski definition) is 4. The van der Waals surface area contributed by atoms with Crippen LogP contribution < -0.4 is 10.2 Å². The van der Waals surface area contributed by atoms with Gasteiger partial charge < -0.3 is 15.1 Å². The van der Waals surface area contributed by atoms with Crippen molar-refractivity contribution in [3.05, 3.63) is 29.1 Å². The average molecular weight is 481 g/mol. The summed E-state index contributed by atoms with van der Waals surface area (Å²) in [6.45, 7) is 8.03. The highest BCUT2D eigenvalue weighted by molar-refractivity contribution is 6.04. The Balaban J connectivity index is 0.00000306. The van der Waals surface area contributed by atoms with Crippen molar-refractivity contribution in [2.45, 2.75) is 52.0 Å². The zero-order valence-corrected chi connectivity index (χ0v) is 20.5. The van der Waals surface area contributed by atoms with E-state index in [1.165, 1.54) is 19.2 Å². The highest BCUT2D eigenvalue weighted by Crippen LogP contribution is 2.35. The number of nitrogens with zero attached hydrogens (tertiary/aromatic N) is 3. The number of rotatable bonds is 4. The van der Waals surface area contributed by atoms with Gasteiger partial charge in [0.05, 0.1) is 24.2 Å². The maximum atomic E-state index is 14.5. The molecule has 9 heteroatoms. The molecule has 1 aromatic rings. The van der Waals surface area contributed by atoms with Crippen molar-refractivity contribution in [1.82, 2.24) is 15.1 Å². The lowest BCUT2D eigenvalue weighted by atomic mass is 9.82. The minimum Gasteiger partial charge on any atom is -0.355 e. The summed E-state index contributed by atoms with van der Waals surface area (Å²) in [6, 6.07) is 2.80. The first kappa shape index (κ1) is 25.4. The fourth-order valence-electron chi connectivity index (χ4n) is 5.05. The van der Waals surface area contributed by atoms with Crippen LogP contribution in [0.25, 0.3) is 0 Å². The van der Waals surface area contributed by atoms with Gasteiger partial charge >= 0.3 is 0 Å². The molecule has 2 fully saturated rings. The molecule has 7 nitrogen and oxygen atoms in total. The molecule has 0 spiro atoms. The van der Waals surface area contributed by atoms with Crippen LogP contribution in [0.2, 0.25) is 0 Å². The smallest absolute Gasteiger partial charge is 0.254 e. The Morgan fingerprint density at radius 1 is 1.12 bits per heavy atom. The molecule has 0 unspecified atom stereocenters. The molecule has 0 radical (unpaired) electrons. The van der Waals surface area contributed by atoms with Gasteiger partial charge in [-0.05, 0) is 48.8 Å². The number of nitrogens with one attached hydrogen (secondary N) is 1. The van der Waals surface area contributed by atoms with Gasteiger partial charge in [0.25, 0.3) is 5.91 Å². The molecule has 2 saturated heterocycles. The number of carbonyl (C=O) groups excluding carboxylic acids is 3. The standard InChI is InChI=1S/C24H33FN4O3.ClH/c1-24(2)6-10-28(11-7-24)22(31)15-27-8-4-17(5-9-27)29-20-14-19(25)18(23(32)26-3)12-16(20)13-21(29)30;/h12,14,17H,4-11,13,15H2,1-3H3,(H,26,32);1H. The number of anilines is 1. The number of likely N-dealkylation sites (tertiary alicyclic amines) is 2. The lowest BCUT2D eigenvalue weighted by Crippen LogP contribution is -2.50. The van der Waals surface area contributed by atoms with E-state index in [9.17, 15) is 18.8 Å². The number of carbonyl (C=O) groups is 3. The molecule has 0 bridgehead atoms. The van der Waals surface area contributed by atoms with Gasteiger partial charge in [-0.15, -0.1) is 12.4 Å². The third kappa shape index (κ3) is 5.32. The molecule has 4 rings (SSSR count). The second kappa shape index (κ2) is 9.97. The Hall–Kier alpha value is -2.19. The normalized spacial score (nSPS) is 20.9. The van der Waals surface area contributed by atoms with E-state index in [2.05, 4.69) is 24.1 Å². The van der Waals surface area contributed by atoms with Crippen molar-refractivity contribution in [2.75, 3.05) is 44.7 Å². The van der Waals surface area contributed by atoms with E-state index < -0.39 is 11.7 Å². The predicted molar refractivity (Wildman–Crippen MR) is 127 cm³/mol. The molecule has 33 heavy (non-hydrogen) atoms. The topological polar surface area (TPSA) is 73.0 Å². The van der Waals surface area contributed by atoms with Gasteiger partial charge in [-0.3, -0.25) is 19.3 Å². The molecule has 0 saturated carbocycles. The number of benzene rings is 1. The zero-order chi connectivity index (χ0) is 23.0. The minimum atomic E-state index is -0.615. The molecule has 1 aromatic carbocycles. The van der Waals surface area contributed by atoms with Crippen LogP contribution in [0.15, 0.2) is 12.1 Å². The number of hydrogen-bond donors (Lipinski definition) is 1. The first-order valence-electron chi connectivity index (χ1n) is 11.6. The Bertz CT molecular complexity index is 921. The Morgan fingerprint density at radius 3 is 2.36 bits per heavy atom. The second-order valence-corrected chi connectivity index (χ2v) is 10.0. The highest BCUT2D eigenvalue weighted by atomic mass is 35.5. The third-order valence-electron chi connectivity index (χ3n) is 7.26. The average Bonchev–Trinajstić information content (AvgIpc) is 3.07. The van der Waals surface area contributed by atoms with Crippen LogP contribution in [0.1, 0.15) is 55.5 Å². The van der Waals surface area contributed by atoms with Gasteiger partial charge in [-0.1, -0.05) is 13.8 Å². The van der Waals surface area contributed by atoms with Gasteiger partial charge in [0.2, 0.25) is 11.8 Å². The van der Waals surface area contributed by atoms with E-state index in [0.717, 1.165) is 51.9 Å². The maximum Gasteiger partial charge on any atom is 0.254 e. The summed E-state index contributed by atoms with van der Waals surface area (Å²) in [5, 5.41) is 2.43. The fourth-order valence-corrected chi connectivity index (χ4v) is 5.05. The number of piperidine rings is 2. The molecule has 3 aliphatic rings. The maximum absolute atomic E-state index is 14.5. The van der Waals surface area contributed by atoms with Gasteiger partial charge in [0, 0.05) is 39.3 Å². The summed E-state index contributed by atoms with van der Waals surface area (Å²) in [5.74, 6) is -0.980. The van der Waals surface area contributed by atoms with Crippen molar-refractivity contribution in [1.29, 1.82) is 0 Å². The van der Waals surface area contributed by atoms with Crippen LogP contribution in [0, 0.1) is 11.2 Å². The quantitative estimate of drug-likeness (QED) is 0.719. The van der Waals surface area contributed by atoms with E-state index in [-0.39, 0.29) is 42.2 Å². The summed E-state index contributed by atoms with van der Waals surface area (Å²) >= 11 is 0. The number of fused-ring (bicyclic) bond motifs is 1. The summed E-state index contributed by atoms with van der Waals surface area (Å²) in [6.07, 6.45) is 3.74. The van der Waals surface area contributed by atoms with Gasteiger partial charge in [-0.2, -0.15) is 0 Å². The lowest BCUT2D eigenvalue weighted by Gasteiger charge is -2.39. The molecule has 3 aliphatic heterocycles. The molecular weight excluding hydrogens is 447 g/mol. The zero-order valence-electron chi connectivity index (χ0n) is 19.7. The van der Waals surface area contributed by atoms with Crippen LogP contribution in [-0.4, -0.2) is 73.3 Å². The SMILES string of the molecule is CNC(=O)c1cc2c(cc1F)N(C1CCN(CC(=O)N3CCC(C)(C)CC3)CC1)C(=O)C2.Cl. The highest BCUT2D eigenvalue weighted by Gasteiger charge is 2.37. The van der Waals surface area contributed by atoms with Crippen LogP contribution in [0.5, 0.6) is 0 Å². The third-order valence-corrected chi connectivity index (χ3v) is 7.26. The Labute approximate surface area is 201 Å². The molecule has 3 heterocycles. The van der Waals surface area contributed by atoms with Gasteiger partial charge in [-0.25, -0.2) is 4.39 Å². The van der Waals surface area contributed by atoms with E-state index >= 15 is 0 Å². The summed E-state index contributed by atoms with van der Waals surface area (Å²) in [5.41, 5.74) is 1.55. The number of halogens is 2. The molecule has 0 aliphatic carbocycles. The first-order chi connectivity index (χ1) is 15.2.